The molecule has 0 aromatic heterocycles. The van der Waals surface area contributed by atoms with Crippen molar-refractivity contribution in [2.75, 3.05) is 20.1 Å². The molecular formula is C14H30N2. The lowest BCUT2D eigenvalue weighted by Crippen LogP contribution is -2.30. The summed E-state index contributed by atoms with van der Waals surface area (Å²) >= 11 is 0. The van der Waals surface area contributed by atoms with Crippen LogP contribution >= 0.6 is 0 Å². The smallest absolute Gasteiger partial charge is 0.00964 e. The Morgan fingerprint density at radius 2 is 1.88 bits per heavy atom. The molecule has 0 aromatic carbocycles. The van der Waals surface area contributed by atoms with E-state index in [2.05, 4.69) is 31.1 Å². The van der Waals surface area contributed by atoms with Crippen molar-refractivity contribution in [1.29, 1.82) is 0 Å². The molecule has 0 aromatic rings. The first-order chi connectivity index (χ1) is 7.81. The quantitative estimate of drug-likeness (QED) is 0.616. The van der Waals surface area contributed by atoms with Gasteiger partial charge in [-0.15, -0.1) is 0 Å². The average molecular weight is 226 g/mol. The molecule has 0 heterocycles. The van der Waals surface area contributed by atoms with E-state index in [0.29, 0.717) is 0 Å². The van der Waals surface area contributed by atoms with Crippen molar-refractivity contribution in [2.45, 2.75) is 70.9 Å². The Bertz CT molecular complexity index is 162. The van der Waals surface area contributed by atoms with Crippen LogP contribution < -0.4 is 5.32 Å². The van der Waals surface area contributed by atoms with Gasteiger partial charge in [-0.2, -0.15) is 0 Å². The maximum atomic E-state index is 3.39. The van der Waals surface area contributed by atoms with Crippen LogP contribution in [0.15, 0.2) is 0 Å². The van der Waals surface area contributed by atoms with Gasteiger partial charge < -0.3 is 10.2 Å². The number of unbranched alkanes of at least 4 members (excludes halogenated alkanes) is 1. The van der Waals surface area contributed by atoms with Gasteiger partial charge in [0.2, 0.25) is 0 Å². The Kier molecular flexibility index (Phi) is 7.06. The van der Waals surface area contributed by atoms with Gasteiger partial charge in [0.15, 0.2) is 0 Å². The van der Waals surface area contributed by atoms with Crippen molar-refractivity contribution >= 4 is 0 Å². The molecule has 16 heavy (non-hydrogen) atoms. The second-order valence-corrected chi connectivity index (χ2v) is 5.16. The zero-order valence-corrected chi connectivity index (χ0v) is 11.5. The van der Waals surface area contributed by atoms with Crippen LogP contribution in [-0.4, -0.2) is 37.1 Å². The van der Waals surface area contributed by atoms with Gasteiger partial charge in [0.05, 0.1) is 0 Å². The molecule has 0 bridgehead atoms. The van der Waals surface area contributed by atoms with E-state index in [4.69, 9.17) is 0 Å². The Labute approximate surface area is 102 Å². The van der Waals surface area contributed by atoms with Crippen LogP contribution in [0.5, 0.6) is 0 Å². The molecule has 0 radical (unpaired) electrons. The third kappa shape index (κ3) is 5.31. The van der Waals surface area contributed by atoms with Crippen molar-refractivity contribution in [3.63, 3.8) is 0 Å². The summed E-state index contributed by atoms with van der Waals surface area (Å²) in [7, 11) is 2.09. The van der Waals surface area contributed by atoms with Crippen LogP contribution in [0.3, 0.4) is 0 Å². The molecule has 1 aliphatic rings. The minimum absolute atomic E-state index is 0.729. The molecule has 96 valence electrons. The number of nitrogens with zero attached hydrogens (tertiary/aromatic N) is 1. The maximum Gasteiger partial charge on any atom is 0.00964 e. The van der Waals surface area contributed by atoms with Crippen molar-refractivity contribution in [2.24, 2.45) is 0 Å². The summed E-state index contributed by atoms with van der Waals surface area (Å²) in [5, 5.41) is 3.39. The summed E-state index contributed by atoms with van der Waals surface area (Å²) in [4.78, 5) is 2.73. The Balaban J connectivity index is 2.11. The third-order valence-corrected chi connectivity index (χ3v) is 3.76. The van der Waals surface area contributed by atoms with Crippen molar-refractivity contribution in [3.8, 4) is 0 Å². The molecule has 0 saturated heterocycles. The first-order valence-electron chi connectivity index (χ1n) is 7.23. The van der Waals surface area contributed by atoms with E-state index in [0.717, 1.165) is 12.1 Å². The SMILES string of the molecule is CCCCN(CCCC(CC)NC)C1CC1. The number of rotatable bonds is 10. The van der Waals surface area contributed by atoms with Crippen molar-refractivity contribution < 1.29 is 0 Å². The Hall–Kier alpha value is -0.0800. The Morgan fingerprint density at radius 1 is 1.19 bits per heavy atom. The predicted molar refractivity (Wildman–Crippen MR) is 71.9 cm³/mol. The fourth-order valence-corrected chi connectivity index (χ4v) is 2.37. The van der Waals surface area contributed by atoms with Gasteiger partial charge >= 0.3 is 0 Å². The summed E-state index contributed by atoms with van der Waals surface area (Å²) in [6.07, 6.45) is 9.56. The number of hydrogen-bond donors (Lipinski definition) is 1. The highest BCUT2D eigenvalue weighted by molar-refractivity contribution is 4.84. The first kappa shape index (κ1) is 14.0. The molecule has 1 fully saturated rings. The van der Waals surface area contributed by atoms with Crippen LogP contribution in [0.4, 0.5) is 0 Å². The van der Waals surface area contributed by atoms with Crippen LogP contribution in [0.1, 0.15) is 58.8 Å². The lowest BCUT2D eigenvalue weighted by Gasteiger charge is -2.23. The van der Waals surface area contributed by atoms with Gasteiger partial charge in [0.25, 0.3) is 0 Å². The van der Waals surface area contributed by atoms with E-state index in [-0.39, 0.29) is 0 Å². The number of hydrogen-bond acceptors (Lipinski definition) is 2. The van der Waals surface area contributed by atoms with E-state index < -0.39 is 0 Å². The lowest BCUT2D eigenvalue weighted by molar-refractivity contribution is 0.249. The molecule has 1 aliphatic carbocycles. The summed E-state index contributed by atoms with van der Waals surface area (Å²) in [5.41, 5.74) is 0. The van der Waals surface area contributed by atoms with Gasteiger partial charge in [-0.1, -0.05) is 20.3 Å². The summed E-state index contributed by atoms with van der Waals surface area (Å²) in [5.74, 6) is 0. The molecule has 1 saturated carbocycles. The van der Waals surface area contributed by atoms with E-state index in [1.165, 1.54) is 58.0 Å². The molecule has 2 nitrogen and oxygen atoms in total. The van der Waals surface area contributed by atoms with Gasteiger partial charge in [-0.25, -0.2) is 0 Å². The largest absolute Gasteiger partial charge is 0.317 e. The van der Waals surface area contributed by atoms with Crippen molar-refractivity contribution in [1.82, 2.24) is 10.2 Å². The van der Waals surface area contributed by atoms with Gasteiger partial charge in [0.1, 0.15) is 0 Å². The van der Waals surface area contributed by atoms with Gasteiger partial charge in [-0.3, -0.25) is 0 Å². The highest BCUT2D eigenvalue weighted by atomic mass is 15.2. The highest BCUT2D eigenvalue weighted by Crippen LogP contribution is 2.27. The van der Waals surface area contributed by atoms with Gasteiger partial charge in [-0.05, 0) is 58.7 Å². The monoisotopic (exact) mass is 226 g/mol. The average Bonchev–Trinajstić information content (AvgIpc) is 3.12. The highest BCUT2D eigenvalue weighted by Gasteiger charge is 2.27. The summed E-state index contributed by atoms with van der Waals surface area (Å²) in [6.45, 7) is 7.22. The molecule has 1 rings (SSSR count). The van der Waals surface area contributed by atoms with Crippen molar-refractivity contribution in [3.05, 3.63) is 0 Å². The van der Waals surface area contributed by atoms with Crippen LogP contribution in [0, 0.1) is 0 Å². The van der Waals surface area contributed by atoms with E-state index in [9.17, 15) is 0 Å². The predicted octanol–water partition coefficient (Wildman–Crippen LogP) is 3.03. The standard InChI is InChI=1S/C14H30N2/c1-4-6-11-16(14-9-10-14)12-7-8-13(5-2)15-3/h13-15H,4-12H2,1-3H3. The maximum absolute atomic E-state index is 3.39. The van der Waals surface area contributed by atoms with Crippen LogP contribution in [-0.2, 0) is 0 Å². The molecule has 0 aliphatic heterocycles. The second-order valence-electron chi connectivity index (χ2n) is 5.16. The van der Waals surface area contributed by atoms with Crippen LogP contribution in [0.25, 0.3) is 0 Å². The molecule has 0 spiro atoms. The molecular weight excluding hydrogens is 196 g/mol. The fourth-order valence-electron chi connectivity index (χ4n) is 2.37. The van der Waals surface area contributed by atoms with E-state index >= 15 is 0 Å². The summed E-state index contributed by atoms with van der Waals surface area (Å²) < 4.78 is 0. The fraction of sp³-hybridized carbons (Fsp3) is 1.00. The third-order valence-electron chi connectivity index (χ3n) is 3.76. The molecule has 0 amide bonds. The van der Waals surface area contributed by atoms with Gasteiger partial charge in [0, 0.05) is 12.1 Å². The zero-order valence-electron chi connectivity index (χ0n) is 11.5. The topological polar surface area (TPSA) is 15.3 Å². The van der Waals surface area contributed by atoms with E-state index in [1.54, 1.807) is 0 Å². The zero-order chi connectivity index (χ0) is 11.8. The second kappa shape index (κ2) is 8.08. The molecule has 2 heteroatoms. The minimum atomic E-state index is 0.729. The van der Waals surface area contributed by atoms with E-state index in [1.807, 2.05) is 0 Å². The molecule has 1 N–H and O–H groups in total. The molecule has 1 unspecified atom stereocenters. The number of nitrogens with one attached hydrogen (secondary N) is 1. The lowest BCUT2D eigenvalue weighted by atomic mass is 10.1. The minimum Gasteiger partial charge on any atom is -0.317 e. The van der Waals surface area contributed by atoms with Crippen LogP contribution in [0.2, 0.25) is 0 Å². The molecule has 1 atom stereocenters. The Morgan fingerprint density at radius 3 is 2.38 bits per heavy atom. The summed E-state index contributed by atoms with van der Waals surface area (Å²) in [6, 6.07) is 1.67. The first-order valence-corrected chi connectivity index (χ1v) is 7.23. The normalized spacial score (nSPS) is 18.0.